The lowest BCUT2D eigenvalue weighted by Crippen LogP contribution is -2.61. The van der Waals surface area contributed by atoms with Crippen LogP contribution in [0.15, 0.2) is 285 Å². The van der Waals surface area contributed by atoms with Crippen molar-refractivity contribution in [2.75, 3.05) is 9.80 Å². The predicted octanol–water partition coefficient (Wildman–Crippen LogP) is 19.6. The number of hydrogen-bond acceptors (Lipinski definition) is 5. The van der Waals surface area contributed by atoms with E-state index < -0.39 is 0 Å². The molecule has 0 spiro atoms. The van der Waals surface area contributed by atoms with Crippen LogP contribution in [0, 0.1) is 0 Å². The van der Waals surface area contributed by atoms with E-state index in [9.17, 15) is 0 Å². The molecule has 0 unspecified atom stereocenters. The maximum atomic E-state index is 5.42. The molecule has 14 aromatic rings. The molecule has 12 aromatic carbocycles. The van der Waals surface area contributed by atoms with Gasteiger partial charge in [0.15, 0.2) is 17.5 Å². The van der Waals surface area contributed by atoms with E-state index in [0.717, 1.165) is 78.2 Å². The molecule has 0 fully saturated rings. The van der Waals surface area contributed by atoms with Crippen LogP contribution >= 0.6 is 0 Å². The number of para-hydroxylation sites is 4. The van der Waals surface area contributed by atoms with Gasteiger partial charge in [-0.1, -0.05) is 236 Å². The molecule has 0 atom stereocenters. The number of hydrogen-bond donors (Lipinski definition) is 0. The highest BCUT2D eigenvalue weighted by molar-refractivity contribution is 7.00. The first-order valence-corrected chi connectivity index (χ1v) is 31.3. The number of anilines is 6. The van der Waals surface area contributed by atoms with Crippen molar-refractivity contribution in [3.63, 3.8) is 0 Å². The predicted molar refractivity (Wildman–Crippen MR) is 378 cm³/mol. The number of rotatable bonds is 9. The Morgan fingerprint density at radius 3 is 1.23 bits per heavy atom. The van der Waals surface area contributed by atoms with Crippen molar-refractivity contribution in [1.29, 1.82) is 0 Å². The smallest absolute Gasteiger partial charge is 0.252 e. The molecule has 0 aliphatic carbocycles. The highest BCUT2D eigenvalue weighted by Gasteiger charge is 2.43. The summed E-state index contributed by atoms with van der Waals surface area (Å²) in [6, 6.07) is 104. The van der Waals surface area contributed by atoms with E-state index in [1.807, 2.05) is 36.4 Å². The van der Waals surface area contributed by atoms with Crippen molar-refractivity contribution in [2.45, 2.75) is 52.4 Å². The zero-order valence-corrected chi connectivity index (χ0v) is 51.4. The van der Waals surface area contributed by atoms with Gasteiger partial charge in [0.05, 0.1) is 16.7 Å². The van der Waals surface area contributed by atoms with E-state index in [1.54, 1.807) is 0 Å². The zero-order chi connectivity index (χ0) is 60.8. The monoisotopic (exact) mass is 1160 g/mol. The van der Waals surface area contributed by atoms with Crippen LogP contribution in [0.1, 0.15) is 52.7 Å². The molecule has 16 rings (SSSR count). The Bertz CT molecular complexity index is 4990. The Hall–Kier alpha value is -10.9. The summed E-state index contributed by atoms with van der Waals surface area (Å²) >= 11 is 0. The van der Waals surface area contributed by atoms with Crippen LogP contribution in [0.3, 0.4) is 0 Å². The lowest BCUT2D eigenvalue weighted by Gasteiger charge is -2.44. The number of nitrogens with zero attached hydrogens (tertiary/aromatic N) is 6. The lowest BCUT2D eigenvalue weighted by atomic mass is 9.33. The molecule has 6 nitrogen and oxygen atoms in total. The summed E-state index contributed by atoms with van der Waals surface area (Å²) in [5, 5.41) is 2.42. The van der Waals surface area contributed by atoms with Crippen LogP contribution in [0.5, 0.6) is 0 Å². The van der Waals surface area contributed by atoms with Gasteiger partial charge in [0.25, 0.3) is 6.71 Å². The summed E-state index contributed by atoms with van der Waals surface area (Å²) in [5.41, 5.74) is 26.0. The summed E-state index contributed by atoms with van der Waals surface area (Å²) < 4.78 is 2.48. The summed E-state index contributed by atoms with van der Waals surface area (Å²) in [6.07, 6.45) is 0. The largest absolute Gasteiger partial charge is 0.311 e. The fourth-order valence-electron chi connectivity index (χ4n) is 13.9. The number of fused-ring (bicyclic) bond motifs is 7. The topological polar surface area (TPSA) is 50.1 Å². The van der Waals surface area contributed by atoms with Gasteiger partial charge in [-0.3, -0.25) is 0 Å². The zero-order valence-electron chi connectivity index (χ0n) is 51.4. The number of aromatic nitrogens is 4. The first-order valence-electron chi connectivity index (χ1n) is 31.3. The van der Waals surface area contributed by atoms with Gasteiger partial charge < -0.3 is 14.4 Å². The van der Waals surface area contributed by atoms with Crippen LogP contribution in [-0.4, -0.2) is 26.2 Å². The Balaban J connectivity index is 0.848. The molecule has 0 saturated carbocycles. The molecule has 2 aromatic heterocycles. The van der Waals surface area contributed by atoms with Crippen molar-refractivity contribution >= 4 is 79.0 Å². The van der Waals surface area contributed by atoms with Gasteiger partial charge in [-0.15, -0.1) is 0 Å². The van der Waals surface area contributed by atoms with Crippen LogP contribution in [0.25, 0.3) is 95.0 Å². The van der Waals surface area contributed by atoms with Gasteiger partial charge >= 0.3 is 0 Å². The highest BCUT2D eigenvalue weighted by Crippen LogP contribution is 2.47. The Morgan fingerprint density at radius 2 is 0.689 bits per heavy atom. The molecule has 0 bridgehead atoms. The van der Waals surface area contributed by atoms with Crippen molar-refractivity contribution in [2.24, 2.45) is 0 Å². The van der Waals surface area contributed by atoms with E-state index in [4.69, 9.17) is 15.0 Å². The summed E-state index contributed by atoms with van der Waals surface area (Å²) in [7, 11) is 0. The van der Waals surface area contributed by atoms with Crippen molar-refractivity contribution in [1.82, 2.24) is 19.5 Å². The van der Waals surface area contributed by atoms with Crippen molar-refractivity contribution in [3.8, 4) is 73.2 Å². The van der Waals surface area contributed by atoms with Crippen molar-refractivity contribution < 1.29 is 0 Å². The second kappa shape index (κ2) is 21.5. The third-order valence-electron chi connectivity index (χ3n) is 18.3. The van der Waals surface area contributed by atoms with Crippen LogP contribution < -0.4 is 26.2 Å². The second-order valence-corrected chi connectivity index (χ2v) is 26.0. The third kappa shape index (κ3) is 9.31. The molecular weight excluding hydrogens is 1090 g/mol. The van der Waals surface area contributed by atoms with E-state index in [0.29, 0.717) is 17.5 Å². The minimum Gasteiger partial charge on any atom is -0.311 e. The standard InChI is InChI=1S/C83H65BN6/c1-82(2,3)61-45-47-71-67(52-61)68-53-62(83(4,5)6)46-48-72(68)90(71)78-65(37-23-38-66(78)81-86-79(54-25-10-7-11-26-54)85-80(87-81)55-27-12-8-13-28-55)60-33-21-31-58(50-60)56-29-20-30-57(49-56)59-32-22-36-64(51-59)89-74-42-19-17-40-70(74)84-69-39-16-18-41-73(69)88(63-34-14-9-15-35-63)75-43-24-44-76(89)77(75)84/h7-53H,1-6H3. The molecular formula is C83H65BN6. The normalized spacial score (nSPS) is 12.7. The first kappa shape index (κ1) is 54.5. The van der Waals surface area contributed by atoms with E-state index >= 15 is 0 Å². The molecule has 0 radical (unpaired) electrons. The maximum Gasteiger partial charge on any atom is 0.252 e. The van der Waals surface area contributed by atoms with E-state index in [1.165, 1.54) is 61.0 Å². The molecule has 7 heteroatoms. The fraction of sp³-hybridized carbons (Fsp3) is 0.0964. The molecule has 430 valence electrons. The first-order chi connectivity index (χ1) is 43.9. The van der Waals surface area contributed by atoms with Gasteiger partial charge in [0.2, 0.25) is 0 Å². The number of benzene rings is 12. The van der Waals surface area contributed by atoms with E-state index in [-0.39, 0.29) is 17.5 Å². The van der Waals surface area contributed by atoms with Crippen LogP contribution in [-0.2, 0) is 10.8 Å². The Morgan fingerprint density at radius 1 is 0.300 bits per heavy atom. The van der Waals surface area contributed by atoms with Gasteiger partial charge in [-0.05, 0) is 157 Å². The van der Waals surface area contributed by atoms with Gasteiger partial charge in [-0.2, -0.15) is 0 Å². The molecule has 90 heavy (non-hydrogen) atoms. The van der Waals surface area contributed by atoms with E-state index in [2.05, 4.69) is 305 Å². The molecule has 0 saturated heterocycles. The summed E-state index contributed by atoms with van der Waals surface area (Å²) in [6.45, 7) is 13.9. The average Bonchev–Trinajstić information content (AvgIpc) is 0.918. The SMILES string of the molecule is CC(C)(C)c1ccc2c(c1)c1cc(C(C)(C)C)ccc1n2-c1c(-c2cccc(-c3cccc(-c4cccc(N5c6ccccc6B6c7ccccc7N(c7ccccc7)c7cccc5c76)c4)c3)c2)cccc1-c1nc(-c2ccccc2)nc(-c2ccccc2)n1. The van der Waals surface area contributed by atoms with Crippen molar-refractivity contribution in [3.05, 3.63) is 296 Å². The minimum absolute atomic E-state index is 0.0636. The molecule has 0 amide bonds. The third-order valence-corrected chi connectivity index (χ3v) is 18.3. The molecule has 2 aliphatic heterocycles. The average molecular weight is 1160 g/mol. The van der Waals surface area contributed by atoms with Gasteiger partial charge in [0, 0.05) is 67.2 Å². The highest BCUT2D eigenvalue weighted by atomic mass is 15.2. The Labute approximate surface area is 527 Å². The summed E-state index contributed by atoms with van der Waals surface area (Å²) in [5.74, 6) is 1.83. The lowest BCUT2D eigenvalue weighted by molar-refractivity contribution is 0.590. The minimum atomic E-state index is -0.0636. The molecule has 4 heterocycles. The van der Waals surface area contributed by atoms with Crippen LogP contribution in [0.2, 0.25) is 0 Å². The quantitative estimate of drug-likeness (QED) is 0.135. The van der Waals surface area contributed by atoms with Gasteiger partial charge in [0.1, 0.15) is 0 Å². The molecule has 2 aliphatic rings. The maximum absolute atomic E-state index is 5.42. The Kier molecular flexibility index (Phi) is 13.0. The summed E-state index contributed by atoms with van der Waals surface area (Å²) in [4.78, 5) is 20.9. The second-order valence-electron chi connectivity index (χ2n) is 26.0. The molecule has 0 N–H and O–H groups in total. The van der Waals surface area contributed by atoms with Crippen LogP contribution in [0.4, 0.5) is 34.1 Å². The fourth-order valence-corrected chi connectivity index (χ4v) is 13.9. The van der Waals surface area contributed by atoms with Gasteiger partial charge in [-0.25, -0.2) is 15.0 Å².